The van der Waals surface area contributed by atoms with Gasteiger partial charge in [-0.3, -0.25) is 0 Å². The van der Waals surface area contributed by atoms with E-state index in [0.717, 1.165) is 34.1 Å². The number of rotatable bonds is 11. The Morgan fingerprint density at radius 3 is 0.986 bits per heavy atom. The van der Waals surface area contributed by atoms with Crippen LogP contribution in [0.3, 0.4) is 0 Å². The highest BCUT2D eigenvalue weighted by molar-refractivity contribution is 5.96. The maximum atomic E-state index is 2.44. The highest BCUT2D eigenvalue weighted by atomic mass is 15.2. The maximum Gasteiger partial charge on any atom is 0.0540 e. The standard InChI is InChI=1S/C70H52N2/c1-49-43-59(39-41-67(49)71(63-29-17-27-57(47-63)51-19-5-3-6-20-51)69-33-15-13-31-65(69)61-37-35-53-23-9-11-25-55(53)45-61)60-40-42-68(50(2)44-60)72(64-30-18-28-58(48-64)52-21-7-4-8-22-52)70-34-16-14-32-66(70)62-38-36-54-24-10-12-26-56(54)46-62/h3-48H,1-2H3. The second-order valence-electron chi connectivity index (χ2n) is 18.7. The molecular weight excluding hydrogens is 869 g/mol. The topological polar surface area (TPSA) is 6.48 Å². The largest absolute Gasteiger partial charge is 0.310 e. The second-order valence-corrected chi connectivity index (χ2v) is 18.7. The molecule has 0 fully saturated rings. The van der Waals surface area contributed by atoms with Crippen LogP contribution in [0.4, 0.5) is 34.1 Å². The Morgan fingerprint density at radius 2 is 0.556 bits per heavy atom. The fourth-order valence-electron chi connectivity index (χ4n) is 10.4. The van der Waals surface area contributed by atoms with E-state index in [-0.39, 0.29) is 0 Å². The van der Waals surface area contributed by atoms with Crippen molar-refractivity contribution in [1.29, 1.82) is 0 Å². The molecule has 0 N–H and O–H groups in total. The summed E-state index contributed by atoms with van der Waals surface area (Å²) >= 11 is 0. The van der Waals surface area contributed by atoms with E-state index in [1.165, 1.54) is 88.3 Å². The van der Waals surface area contributed by atoms with Crippen molar-refractivity contribution in [2.75, 3.05) is 9.80 Å². The Morgan fingerprint density at radius 1 is 0.208 bits per heavy atom. The van der Waals surface area contributed by atoms with Crippen LogP contribution in [0, 0.1) is 13.8 Å². The number of hydrogen-bond acceptors (Lipinski definition) is 2. The molecule has 0 bridgehead atoms. The van der Waals surface area contributed by atoms with Crippen LogP contribution in [0.15, 0.2) is 279 Å². The van der Waals surface area contributed by atoms with Gasteiger partial charge in [0.2, 0.25) is 0 Å². The van der Waals surface area contributed by atoms with E-state index in [4.69, 9.17) is 0 Å². The number of para-hydroxylation sites is 2. The molecule has 2 nitrogen and oxygen atoms in total. The minimum atomic E-state index is 1.10. The first-order chi connectivity index (χ1) is 35.5. The van der Waals surface area contributed by atoms with E-state index in [1.807, 2.05) is 0 Å². The van der Waals surface area contributed by atoms with E-state index in [9.17, 15) is 0 Å². The summed E-state index contributed by atoms with van der Waals surface area (Å²) in [6, 6.07) is 102. The molecule has 0 aliphatic carbocycles. The van der Waals surface area contributed by atoms with Crippen molar-refractivity contribution in [2.45, 2.75) is 13.8 Å². The second kappa shape index (κ2) is 19.3. The molecule has 12 aromatic carbocycles. The van der Waals surface area contributed by atoms with Gasteiger partial charge in [-0.15, -0.1) is 0 Å². The zero-order valence-electron chi connectivity index (χ0n) is 40.5. The molecule has 0 aromatic heterocycles. The van der Waals surface area contributed by atoms with Crippen molar-refractivity contribution in [3.63, 3.8) is 0 Å². The predicted molar refractivity (Wildman–Crippen MR) is 307 cm³/mol. The maximum absolute atomic E-state index is 2.44. The third kappa shape index (κ3) is 8.61. The lowest BCUT2D eigenvalue weighted by atomic mass is 9.96. The van der Waals surface area contributed by atoms with Gasteiger partial charge < -0.3 is 9.80 Å². The van der Waals surface area contributed by atoms with E-state index in [0.29, 0.717) is 0 Å². The average molecular weight is 921 g/mol. The molecule has 342 valence electrons. The summed E-state index contributed by atoms with van der Waals surface area (Å²) in [6.45, 7) is 4.50. The Kier molecular flexibility index (Phi) is 11.8. The van der Waals surface area contributed by atoms with Gasteiger partial charge in [0.1, 0.15) is 0 Å². The Labute approximate surface area is 423 Å². The molecule has 0 unspecified atom stereocenters. The van der Waals surface area contributed by atoms with Gasteiger partial charge in [0.25, 0.3) is 0 Å². The van der Waals surface area contributed by atoms with Gasteiger partial charge in [0.15, 0.2) is 0 Å². The van der Waals surface area contributed by atoms with Gasteiger partial charge in [-0.05, 0) is 164 Å². The first-order valence-corrected chi connectivity index (χ1v) is 24.8. The van der Waals surface area contributed by atoms with E-state index in [1.54, 1.807) is 0 Å². The number of nitrogens with zero attached hydrogens (tertiary/aromatic N) is 2. The van der Waals surface area contributed by atoms with Crippen LogP contribution in [-0.4, -0.2) is 0 Å². The molecule has 0 atom stereocenters. The predicted octanol–water partition coefficient (Wildman–Crippen LogP) is 19.9. The minimum absolute atomic E-state index is 1.10. The number of benzene rings is 12. The highest BCUT2D eigenvalue weighted by Crippen LogP contribution is 2.47. The quantitative estimate of drug-likeness (QED) is 0.128. The van der Waals surface area contributed by atoms with E-state index in [2.05, 4.69) is 303 Å². The van der Waals surface area contributed by atoms with Gasteiger partial charge in [0.05, 0.1) is 11.4 Å². The summed E-state index contributed by atoms with van der Waals surface area (Å²) in [7, 11) is 0. The molecule has 0 aliphatic rings. The van der Waals surface area contributed by atoms with Crippen molar-refractivity contribution in [3.8, 4) is 55.6 Å². The number of aryl methyl sites for hydroxylation is 2. The molecule has 0 radical (unpaired) electrons. The number of fused-ring (bicyclic) bond motifs is 2. The monoisotopic (exact) mass is 920 g/mol. The summed E-state index contributed by atoms with van der Waals surface area (Å²) < 4.78 is 0. The average Bonchev–Trinajstić information content (AvgIpc) is 3.44. The van der Waals surface area contributed by atoms with Crippen LogP contribution < -0.4 is 9.80 Å². The Balaban J connectivity index is 0.964. The lowest BCUT2D eigenvalue weighted by molar-refractivity contribution is 1.24. The third-order valence-corrected chi connectivity index (χ3v) is 14.0. The van der Waals surface area contributed by atoms with Crippen LogP contribution in [-0.2, 0) is 0 Å². The SMILES string of the molecule is Cc1cc(-c2ccc(N(c3cccc(-c4ccccc4)c3)c3ccccc3-c3ccc4ccccc4c3)c(C)c2)ccc1N(c1cccc(-c2ccccc2)c1)c1ccccc1-c1ccc2ccccc2c1. The van der Waals surface area contributed by atoms with Crippen molar-refractivity contribution in [3.05, 3.63) is 290 Å². The zero-order chi connectivity index (χ0) is 48.4. The van der Waals surface area contributed by atoms with E-state index < -0.39 is 0 Å². The van der Waals surface area contributed by atoms with Crippen molar-refractivity contribution >= 4 is 55.7 Å². The Hall–Kier alpha value is -9.24. The lowest BCUT2D eigenvalue weighted by Crippen LogP contribution is -2.13. The Bertz CT molecular complexity index is 3650. The van der Waals surface area contributed by atoms with Crippen molar-refractivity contribution in [2.24, 2.45) is 0 Å². The molecule has 0 saturated heterocycles. The summed E-state index contributed by atoms with van der Waals surface area (Å²) in [5, 5.41) is 4.91. The van der Waals surface area contributed by atoms with E-state index >= 15 is 0 Å². The van der Waals surface area contributed by atoms with Crippen LogP contribution in [0.25, 0.3) is 77.2 Å². The fraction of sp³-hybridized carbons (Fsp3) is 0.0286. The van der Waals surface area contributed by atoms with Gasteiger partial charge in [0, 0.05) is 33.9 Å². The van der Waals surface area contributed by atoms with Gasteiger partial charge in [-0.1, -0.05) is 206 Å². The smallest absolute Gasteiger partial charge is 0.0540 e. The summed E-state index contributed by atoms with van der Waals surface area (Å²) in [4.78, 5) is 4.89. The van der Waals surface area contributed by atoms with Crippen molar-refractivity contribution < 1.29 is 0 Å². The molecule has 0 aliphatic heterocycles. The van der Waals surface area contributed by atoms with Crippen LogP contribution in [0.1, 0.15) is 11.1 Å². The lowest BCUT2D eigenvalue weighted by Gasteiger charge is -2.30. The molecule has 72 heavy (non-hydrogen) atoms. The number of hydrogen-bond donors (Lipinski definition) is 0. The molecular formula is C70H52N2. The molecule has 0 heterocycles. The first kappa shape index (κ1) is 44.0. The molecule has 12 aromatic rings. The van der Waals surface area contributed by atoms with Crippen LogP contribution >= 0.6 is 0 Å². The normalized spacial score (nSPS) is 11.2. The summed E-state index contributed by atoms with van der Waals surface area (Å²) in [5.74, 6) is 0. The highest BCUT2D eigenvalue weighted by Gasteiger charge is 2.22. The molecule has 12 rings (SSSR count). The zero-order valence-corrected chi connectivity index (χ0v) is 40.5. The minimum Gasteiger partial charge on any atom is -0.310 e. The first-order valence-electron chi connectivity index (χ1n) is 24.8. The van der Waals surface area contributed by atoms with Gasteiger partial charge >= 0.3 is 0 Å². The van der Waals surface area contributed by atoms with Crippen LogP contribution in [0.5, 0.6) is 0 Å². The fourth-order valence-corrected chi connectivity index (χ4v) is 10.4. The number of anilines is 6. The molecule has 0 amide bonds. The molecule has 0 spiro atoms. The third-order valence-electron chi connectivity index (χ3n) is 14.0. The molecule has 2 heteroatoms. The molecule has 0 saturated carbocycles. The van der Waals surface area contributed by atoms with Gasteiger partial charge in [-0.2, -0.15) is 0 Å². The van der Waals surface area contributed by atoms with Gasteiger partial charge in [-0.25, -0.2) is 0 Å². The van der Waals surface area contributed by atoms with Crippen molar-refractivity contribution in [1.82, 2.24) is 0 Å². The summed E-state index contributed by atoms with van der Waals surface area (Å²) in [6.07, 6.45) is 0. The summed E-state index contributed by atoms with van der Waals surface area (Å²) in [5.41, 5.74) is 20.8. The van der Waals surface area contributed by atoms with Crippen LogP contribution in [0.2, 0.25) is 0 Å².